The van der Waals surface area contributed by atoms with Gasteiger partial charge in [-0.1, -0.05) is 0 Å². The molecular formula is C16H19N9O. The second kappa shape index (κ2) is 6.84. The predicted octanol–water partition coefficient (Wildman–Crippen LogP) is 0.802. The molecule has 3 heterocycles. The van der Waals surface area contributed by atoms with Gasteiger partial charge in [0.15, 0.2) is 5.82 Å². The first-order valence-corrected chi connectivity index (χ1v) is 8.19. The van der Waals surface area contributed by atoms with E-state index in [-0.39, 0.29) is 5.95 Å². The van der Waals surface area contributed by atoms with Crippen molar-refractivity contribution < 1.29 is 4.74 Å². The van der Waals surface area contributed by atoms with Crippen LogP contribution in [0.3, 0.4) is 0 Å². The number of nitrogen functional groups attached to an aromatic ring is 2. The molecule has 1 aromatic carbocycles. The van der Waals surface area contributed by atoms with Crippen LogP contribution < -0.4 is 21.7 Å². The van der Waals surface area contributed by atoms with Crippen molar-refractivity contribution in [3.8, 4) is 5.82 Å². The normalized spacial score (nSPS) is 14.4. The Balaban J connectivity index is 1.50. The molecule has 2 aromatic heterocycles. The summed E-state index contributed by atoms with van der Waals surface area (Å²) < 4.78 is 6.78. The van der Waals surface area contributed by atoms with Gasteiger partial charge in [0.1, 0.15) is 12.1 Å². The lowest BCUT2D eigenvalue weighted by atomic mass is 10.2. The van der Waals surface area contributed by atoms with Crippen LogP contribution in [0.4, 0.5) is 29.1 Å². The minimum absolute atomic E-state index is 0.204. The molecule has 26 heavy (non-hydrogen) atoms. The number of ether oxygens (including phenoxy) is 1. The summed E-state index contributed by atoms with van der Waals surface area (Å²) in [6.07, 6.45) is 1.35. The van der Waals surface area contributed by atoms with Gasteiger partial charge < -0.3 is 26.4 Å². The molecule has 10 heteroatoms. The van der Waals surface area contributed by atoms with Crippen LogP contribution in [0.15, 0.2) is 36.7 Å². The van der Waals surface area contributed by atoms with E-state index in [4.69, 9.17) is 16.2 Å². The minimum Gasteiger partial charge on any atom is -0.384 e. The van der Waals surface area contributed by atoms with Crippen molar-refractivity contribution in [2.45, 2.75) is 0 Å². The molecule has 1 fully saturated rings. The molecule has 0 spiro atoms. The molecule has 134 valence electrons. The molecule has 5 N–H and O–H groups in total. The van der Waals surface area contributed by atoms with Crippen LogP contribution >= 0.6 is 0 Å². The Labute approximate surface area is 149 Å². The van der Waals surface area contributed by atoms with Gasteiger partial charge in [-0.25, -0.2) is 9.97 Å². The summed E-state index contributed by atoms with van der Waals surface area (Å²) in [5.74, 6) is 1.37. The summed E-state index contributed by atoms with van der Waals surface area (Å²) >= 11 is 0. The maximum atomic E-state index is 5.93. The van der Waals surface area contributed by atoms with Gasteiger partial charge in [0.25, 0.3) is 0 Å². The van der Waals surface area contributed by atoms with E-state index in [1.165, 1.54) is 11.0 Å². The molecular weight excluding hydrogens is 334 g/mol. The van der Waals surface area contributed by atoms with Gasteiger partial charge in [-0.2, -0.15) is 9.67 Å². The number of aromatic nitrogens is 5. The number of rotatable bonds is 4. The van der Waals surface area contributed by atoms with Crippen molar-refractivity contribution in [2.75, 3.05) is 48.0 Å². The fourth-order valence-corrected chi connectivity index (χ4v) is 2.73. The summed E-state index contributed by atoms with van der Waals surface area (Å²) in [5.41, 5.74) is 13.6. The number of hydrogen-bond acceptors (Lipinski definition) is 9. The van der Waals surface area contributed by atoms with Gasteiger partial charge >= 0.3 is 0 Å². The zero-order valence-corrected chi connectivity index (χ0v) is 14.0. The second-order valence-corrected chi connectivity index (χ2v) is 5.78. The Hall–Kier alpha value is -3.40. The monoisotopic (exact) mass is 353 g/mol. The average molecular weight is 353 g/mol. The summed E-state index contributed by atoms with van der Waals surface area (Å²) in [6, 6.07) is 9.64. The lowest BCUT2D eigenvalue weighted by molar-refractivity contribution is 0.122. The topological polar surface area (TPSA) is 133 Å². The average Bonchev–Trinajstić information content (AvgIpc) is 3.03. The Bertz CT molecular complexity index is 887. The molecule has 0 aliphatic carbocycles. The molecule has 0 bridgehead atoms. The summed E-state index contributed by atoms with van der Waals surface area (Å²) in [7, 11) is 0. The molecule has 0 radical (unpaired) electrons. The van der Waals surface area contributed by atoms with Crippen LogP contribution in [0.2, 0.25) is 0 Å². The smallest absolute Gasteiger partial charge is 0.248 e. The third-order valence-electron chi connectivity index (χ3n) is 4.02. The Morgan fingerprint density at radius 1 is 1.04 bits per heavy atom. The summed E-state index contributed by atoms with van der Waals surface area (Å²) in [5, 5.41) is 7.46. The minimum atomic E-state index is 0.204. The number of benzene rings is 1. The number of nitrogens with two attached hydrogens (primary N) is 2. The van der Waals surface area contributed by atoms with Crippen LogP contribution in [0.1, 0.15) is 0 Å². The van der Waals surface area contributed by atoms with E-state index in [9.17, 15) is 0 Å². The first-order chi connectivity index (χ1) is 12.7. The van der Waals surface area contributed by atoms with E-state index in [0.29, 0.717) is 17.6 Å². The fraction of sp³-hybridized carbons (Fsp3) is 0.250. The summed E-state index contributed by atoms with van der Waals surface area (Å²) in [6.45, 7) is 3.32. The maximum absolute atomic E-state index is 5.93. The molecule has 1 saturated heterocycles. The maximum Gasteiger partial charge on any atom is 0.248 e. The highest BCUT2D eigenvalue weighted by Crippen LogP contribution is 2.21. The number of nitrogens with one attached hydrogen (secondary N) is 1. The first kappa shape index (κ1) is 16.1. The summed E-state index contributed by atoms with van der Waals surface area (Å²) in [4.78, 5) is 14.5. The van der Waals surface area contributed by atoms with Gasteiger partial charge in [-0.15, -0.1) is 5.10 Å². The molecule has 0 amide bonds. The van der Waals surface area contributed by atoms with Crippen LogP contribution in [0, 0.1) is 0 Å². The predicted molar refractivity (Wildman–Crippen MR) is 98.5 cm³/mol. The number of nitrogens with zero attached hydrogens (tertiary/aromatic N) is 6. The third-order valence-corrected chi connectivity index (χ3v) is 4.02. The Kier molecular flexibility index (Phi) is 4.23. The Morgan fingerprint density at radius 2 is 1.81 bits per heavy atom. The first-order valence-electron chi connectivity index (χ1n) is 8.19. The van der Waals surface area contributed by atoms with Gasteiger partial charge in [0.05, 0.1) is 13.2 Å². The standard InChI is InChI=1S/C16H19N9O/c17-13-9-14(20-10-19-13)25-15(18)22-16(23-25)21-11-1-3-12(4-2-11)24-5-7-26-8-6-24/h1-4,9-10H,5-8H2,(H2,17,19,20)(H3,18,21,22,23). The lowest BCUT2D eigenvalue weighted by Crippen LogP contribution is -2.36. The van der Waals surface area contributed by atoms with Crippen molar-refractivity contribution in [3.05, 3.63) is 36.7 Å². The molecule has 1 aliphatic heterocycles. The number of morpholine rings is 1. The van der Waals surface area contributed by atoms with E-state index in [1.54, 1.807) is 6.07 Å². The van der Waals surface area contributed by atoms with Gasteiger partial charge in [0.2, 0.25) is 11.9 Å². The SMILES string of the molecule is Nc1cc(-n2nc(Nc3ccc(N4CCOCC4)cc3)nc2N)ncn1. The zero-order valence-electron chi connectivity index (χ0n) is 14.0. The Morgan fingerprint density at radius 3 is 2.54 bits per heavy atom. The number of hydrogen-bond donors (Lipinski definition) is 3. The van der Waals surface area contributed by atoms with Gasteiger partial charge in [-0.3, -0.25) is 0 Å². The van der Waals surface area contributed by atoms with Crippen LogP contribution in [0.5, 0.6) is 0 Å². The molecule has 0 unspecified atom stereocenters. The largest absolute Gasteiger partial charge is 0.384 e. The van der Waals surface area contributed by atoms with E-state index in [0.717, 1.165) is 37.7 Å². The van der Waals surface area contributed by atoms with Crippen LogP contribution in [-0.4, -0.2) is 51.0 Å². The highest BCUT2D eigenvalue weighted by Gasteiger charge is 2.13. The third kappa shape index (κ3) is 3.35. The van der Waals surface area contributed by atoms with Crippen LogP contribution in [0.25, 0.3) is 5.82 Å². The van der Waals surface area contributed by atoms with E-state index in [1.807, 2.05) is 12.1 Å². The second-order valence-electron chi connectivity index (χ2n) is 5.78. The van der Waals surface area contributed by atoms with Crippen molar-refractivity contribution in [3.63, 3.8) is 0 Å². The van der Waals surface area contributed by atoms with E-state index >= 15 is 0 Å². The zero-order chi connectivity index (χ0) is 17.9. The molecule has 0 atom stereocenters. The van der Waals surface area contributed by atoms with E-state index in [2.05, 4.69) is 42.4 Å². The van der Waals surface area contributed by atoms with Crippen LogP contribution in [-0.2, 0) is 4.74 Å². The lowest BCUT2D eigenvalue weighted by Gasteiger charge is -2.28. The number of anilines is 5. The quantitative estimate of drug-likeness (QED) is 0.622. The molecule has 10 nitrogen and oxygen atoms in total. The molecule has 4 rings (SSSR count). The van der Waals surface area contributed by atoms with Gasteiger partial charge in [-0.05, 0) is 24.3 Å². The highest BCUT2D eigenvalue weighted by atomic mass is 16.5. The molecule has 3 aromatic rings. The van der Waals surface area contributed by atoms with Crippen molar-refractivity contribution in [1.29, 1.82) is 0 Å². The fourth-order valence-electron chi connectivity index (χ4n) is 2.73. The van der Waals surface area contributed by atoms with Crippen molar-refractivity contribution in [2.24, 2.45) is 0 Å². The molecule has 0 saturated carbocycles. The highest BCUT2D eigenvalue weighted by molar-refractivity contribution is 5.60. The van der Waals surface area contributed by atoms with E-state index < -0.39 is 0 Å². The van der Waals surface area contributed by atoms with Crippen molar-refractivity contribution in [1.82, 2.24) is 24.7 Å². The van der Waals surface area contributed by atoms with Crippen molar-refractivity contribution >= 4 is 29.1 Å². The van der Waals surface area contributed by atoms with Gasteiger partial charge in [0, 0.05) is 30.5 Å². The molecule has 1 aliphatic rings.